The van der Waals surface area contributed by atoms with Crippen molar-refractivity contribution in [2.45, 2.75) is 13.0 Å². The molecule has 15 heavy (non-hydrogen) atoms. The van der Waals surface area contributed by atoms with Crippen LogP contribution in [0.25, 0.3) is 0 Å². The van der Waals surface area contributed by atoms with E-state index in [1.165, 1.54) is 19.5 Å². The molecule has 0 spiro atoms. The third-order valence-electron chi connectivity index (χ3n) is 1.79. The Hall–Kier alpha value is -1.62. The summed E-state index contributed by atoms with van der Waals surface area (Å²) in [6, 6.07) is 1.55. The van der Waals surface area contributed by atoms with Gasteiger partial charge in [0.25, 0.3) is 0 Å². The van der Waals surface area contributed by atoms with Gasteiger partial charge in [0.15, 0.2) is 6.10 Å². The highest BCUT2D eigenvalue weighted by molar-refractivity contribution is 5.76. The first kappa shape index (κ1) is 11.5. The van der Waals surface area contributed by atoms with Crippen molar-refractivity contribution in [3.05, 3.63) is 24.0 Å². The maximum absolute atomic E-state index is 11.0. The molecular formula is C10H13NO4. The lowest BCUT2D eigenvalue weighted by molar-refractivity contribution is -0.150. The third kappa shape index (κ3) is 2.92. The first-order chi connectivity index (χ1) is 7.19. The lowest BCUT2D eigenvalue weighted by Gasteiger charge is -2.09. The highest BCUT2D eigenvalue weighted by Crippen LogP contribution is 2.18. The molecule has 0 aliphatic carbocycles. The van der Waals surface area contributed by atoms with E-state index in [1.807, 2.05) is 6.92 Å². The summed E-state index contributed by atoms with van der Waals surface area (Å²) in [6.07, 6.45) is 1.59. The average Bonchev–Trinajstić information content (AvgIpc) is 2.28. The number of aromatic nitrogens is 1. The van der Waals surface area contributed by atoms with E-state index in [0.717, 1.165) is 0 Å². The van der Waals surface area contributed by atoms with Crippen LogP contribution in [0.4, 0.5) is 0 Å². The Bertz CT molecular complexity index is 340. The molecule has 5 heteroatoms. The highest BCUT2D eigenvalue weighted by Gasteiger charge is 2.18. The fourth-order valence-electron chi connectivity index (χ4n) is 1.08. The number of carbonyl (C=O) groups is 1. The number of aliphatic hydroxyl groups is 1. The molecule has 0 aliphatic rings. The predicted octanol–water partition coefficient (Wildman–Crippen LogP) is 0.687. The molecule has 0 saturated heterocycles. The van der Waals surface area contributed by atoms with Crippen molar-refractivity contribution in [2.75, 3.05) is 13.7 Å². The summed E-state index contributed by atoms with van der Waals surface area (Å²) in [5.41, 5.74) is 0.354. The zero-order valence-electron chi connectivity index (χ0n) is 8.64. The monoisotopic (exact) mass is 211 g/mol. The Labute approximate surface area is 87.7 Å². The van der Waals surface area contributed by atoms with E-state index < -0.39 is 12.1 Å². The molecule has 1 heterocycles. The van der Waals surface area contributed by atoms with Gasteiger partial charge in [-0.15, -0.1) is 0 Å². The molecular weight excluding hydrogens is 198 g/mol. The number of aliphatic hydroxyl groups excluding tert-OH is 1. The van der Waals surface area contributed by atoms with Crippen molar-refractivity contribution in [3.8, 4) is 5.75 Å². The smallest absolute Gasteiger partial charge is 0.339 e. The Morgan fingerprint density at radius 2 is 2.33 bits per heavy atom. The molecule has 1 rings (SSSR count). The first-order valence-corrected chi connectivity index (χ1v) is 4.52. The van der Waals surface area contributed by atoms with Gasteiger partial charge in [0.1, 0.15) is 5.75 Å². The normalized spacial score (nSPS) is 11.9. The van der Waals surface area contributed by atoms with Crippen LogP contribution in [0.3, 0.4) is 0 Å². The quantitative estimate of drug-likeness (QED) is 0.742. The molecule has 0 saturated carbocycles. The summed E-state index contributed by atoms with van der Waals surface area (Å²) in [6.45, 7) is 2.34. The van der Waals surface area contributed by atoms with Crippen LogP contribution in [0, 0.1) is 0 Å². The molecule has 0 aliphatic heterocycles. The van der Waals surface area contributed by atoms with Crippen molar-refractivity contribution < 1.29 is 19.4 Å². The number of esters is 1. The van der Waals surface area contributed by atoms with E-state index in [0.29, 0.717) is 17.9 Å². The Balaban J connectivity index is 2.84. The van der Waals surface area contributed by atoms with Crippen molar-refractivity contribution in [2.24, 2.45) is 0 Å². The van der Waals surface area contributed by atoms with Crippen molar-refractivity contribution in [1.29, 1.82) is 0 Å². The number of nitrogens with zero attached hydrogens (tertiary/aromatic N) is 1. The zero-order chi connectivity index (χ0) is 11.3. The van der Waals surface area contributed by atoms with Crippen molar-refractivity contribution in [3.63, 3.8) is 0 Å². The number of pyridine rings is 1. The van der Waals surface area contributed by atoms with Gasteiger partial charge in [0, 0.05) is 11.8 Å². The molecule has 1 unspecified atom stereocenters. The average molecular weight is 211 g/mol. The SMILES string of the molecule is CCOc1cncc(C(O)C(=O)OC)c1. The molecule has 1 atom stereocenters. The fourth-order valence-corrected chi connectivity index (χ4v) is 1.08. The molecule has 0 amide bonds. The minimum absolute atomic E-state index is 0.354. The van der Waals surface area contributed by atoms with Gasteiger partial charge >= 0.3 is 5.97 Å². The molecule has 0 radical (unpaired) electrons. The summed E-state index contributed by atoms with van der Waals surface area (Å²) in [5.74, 6) is -0.205. The number of ether oxygens (including phenoxy) is 2. The van der Waals surface area contributed by atoms with Crippen LogP contribution in [0.1, 0.15) is 18.6 Å². The highest BCUT2D eigenvalue weighted by atomic mass is 16.5. The number of hydrogen-bond acceptors (Lipinski definition) is 5. The number of rotatable bonds is 4. The Morgan fingerprint density at radius 3 is 2.93 bits per heavy atom. The van der Waals surface area contributed by atoms with Gasteiger partial charge < -0.3 is 14.6 Å². The van der Waals surface area contributed by atoms with Gasteiger partial charge in [-0.05, 0) is 13.0 Å². The van der Waals surface area contributed by atoms with Gasteiger partial charge in [0.2, 0.25) is 0 Å². The lowest BCUT2D eigenvalue weighted by Crippen LogP contribution is -2.13. The van der Waals surface area contributed by atoms with Gasteiger partial charge in [-0.1, -0.05) is 0 Å². The molecule has 82 valence electrons. The second-order valence-corrected chi connectivity index (χ2v) is 2.81. The molecule has 0 bridgehead atoms. The van der Waals surface area contributed by atoms with Crippen LogP contribution in [0.15, 0.2) is 18.5 Å². The van der Waals surface area contributed by atoms with E-state index in [4.69, 9.17) is 4.74 Å². The molecule has 5 nitrogen and oxygen atoms in total. The summed E-state index contributed by atoms with van der Waals surface area (Å²) in [4.78, 5) is 14.9. The maximum atomic E-state index is 11.0. The third-order valence-corrected chi connectivity index (χ3v) is 1.79. The second-order valence-electron chi connectivity index (χ2n) is 2.81. The zero-order valence-corrected chi connectivity index (χ0v) is 8.64. The molecule has 0 aromatic carbocycles. The van der Waals surface area contributed by atoms with Crippen molar-refractivity contribution >= 4 is 5.97 Å². The number of hydrogen-bond donors (Lipinski definition) is 1. The fraction of sp³-hybridized carbons (Fsp3) is 0.400. The minimum atomic E-state index is -1.32. The van der Waals surface area contributed by atoms with Gasteiger partial charge in [0.05, 0.1) is 19.9 Å². The predicted molar refractivity (Wildman–Crippen MR) is 52.4 cm³/mol. The van der Waals surface area contributed by atoms with Crippen LogP contribution in [-0.2, 0) is 9.53 Å². The van der Waals surface area contributed by atoms with E-state index >= 15 is 0 Å². The Morgan fingerprint density at radius 1 is 1.60 bits per heavy atom. The van der Waals surface area contributed by atoms with Crippen LogP contribution >= 0.6 is 0 Å². The van der Waals surface area contributed by atoms with E-state index in [-0.39, 0.29) is 0 Å². The van der Waals surface area contributed by atoms with Crippen LogP contribution in [0.5, 0.6) is 5.75 Å². The minimum Gasteiger partial charge on any atom is -0.492 e. The number of carbonyl (C=O) groups excluding carboxylic acids is 1. The summed E-state index contributed by atoms with van der Waals surface area (Å²) < 4.78 is 9.59. The molecule has 1 aromatic heterocycles. The lowest BCUT2D eigenvalue weighted by atomic mass is 10.1. The summed E-state index contributed by atoms with van der Waals surface area (Å²) in [5, 5.41) is 9.51. The standard InChI is InChI=1S/C10H13NO4/c1-3-15-8-4-7(5-11-6-8)9(12)10(13)14-2/h4-6,9,12H,3H2,1-2H3. The van der Waals surface area contributed by atoms with E-state index in [9.17, 15) is 9.90 Å². The van der Waals surface area contributed by atoms with Gasteiger partial charge in [-0.2, -0.15) is 0 Å². The maximum Gasteiger partial charge on any atom is 0.339 e. The van der Waals surface area contributed by atoms with E-state index in [2.05, 4.69) is 9.72 Å². The number of methoxy groups -OCH3 is 1. The molecule has 0 fully saturated rings. The molecule has 1 aromatic rings. The van der Waals surface area contributed by atoms with Gasteiger partial charge in [-0.25, -0.2) is 4.79 Å². The van der Waals surface area contributed by atoms with Gasteiger partial charge in [-0.3, -0.25) is 4.98 Å². The van der Waals surface area contributed by atoms with Crippen LogP contribution < -0.4 is 4.74 Å². The topological polar surface area (TPSA) is 68.7 Å². The van der Waals surface area contributed by atoms with Crippen LogP contribution in [-0.4, -0.2) is 29.8 Å². The summed E-state index contributed by atoms with van der Waals surface area (Å²) >= 11 is 0. The first-order valence-electron chi connectivity index (χ1n) is 4.52. The second kappa shape index (κ2) is 5.31. The largest absolute Gasteiger partial charge is 0.492 e. The van der Waals surface area contributed by atoms with Crippen molar-refractivity contribution in [1.82, 2.24) is 4.98 Å². The Kier molecular flexibility index (Phi) is 4.05. The molecule has 1 N–H and O–H groups in total. The van der Waals surface area contributed by atoms with E-state index in [1.54, 1.807) is 6.07 Å². The summed E-state index contributed by atoms with van der Waals surface area (Å²) in [7, 11) is 1.21. The van der Waals surface area contributed by atoms with Crippen LogP contribution in [0.2, 0.25) is 0 Å².